The molecular formula is C21H30O. The van der Waals surface area contributed by atoms with Crippen LogP contribution in [0.15, 0.2) is 24.8 Å². The minimum Gasteiger partial charge on any atom is -0.295 e. The number of hydrogen-bond donors (Lipinski definition) is 0. The van der Waals surface area contributed by atoms with Gasteiger partial charge in [-0.2, -0.15) is 0 Å². The Kier molecular flexibility index (Phi) is 3.23. The van der Waals surface area contributed by atoms with E-state index >= 15 is 0 Å². The minimum absolute atomic E-state index is 0.282. The second kappa shape index (κ2) is 4.82. The lowest BCUT2D eigenvalue weighted by molar-refractivity contribution is -0.122. The number of carbonyl (C=O) groups is 1. The van der Waals surface area contributed by atoms with Crippen LogP contribution in [-0.4, -0.2) is 5.78 Å². The van der Waals surface area contributed by atoms with Crippen LogP contribution in [0.3, 0.4) is 0 Å². The summed E-state index contributed by atoms with van der Waals surface area (Å²) in [7, 11) is 0. The average Bonchev–Trinajstić information content (AvgIpc) is 2.84. The minimum atomic E-state index is 0.282. The highest BCUT2D eigenvalue weighted by atomic mass is 16.1. The van der Waals surface area contributed by atoms with Crippen molar-refractivity contribution in [1.82, 2.24) is 0 Å². The zero-order valence-electron chi connectivity index (χ0n) is 14.2. The highest BCUT2D eigenvalue weighted by Gasteiger charge is 2.58. The van der Waals surface area contributed by atoms with E-state index in [0.717, 1.165) is 30.1 Å². The van der Waals surface area contributed by atoms with E-state index in [0.29, 0.717) is 17.1 Å². The second-order valence-corrected chi connectivity index (χ2v) is 8.98. The van der Waals surface area contributed by atoms with Gasteiger partial charge in [0.05, 0.1) is 0 Å². The Hall–Kier alpha value is -0.850. The number of hydrogen-bond acceptors (Lipinski definition) is 1. The maximum Gasteiger partial charge on any atom is 0.155 e. The fourth-order valence-corrected chi connectivity index (χ4v) is 7.06. The van der Waals surface area contributed by atoms with Crippen molar-refractivity contribution >= 4 is 5.78 Å². The quantitative estimate of drug-likeness (QED) is 0.610. The lowest BCUT2D eigenvalue weighted by atomic mass is 9.46. The number of carbonyl (C=O) groups excluding carboxylic acids is 1. The molecule has 7 atom stereocenters. The first-order valence-electron chi connectivity index (χ1n) is 9.33. The molecule has 7 unspecified atom stereocenters. The Bertz CT molecular complexity index is 532. The van der Waals surface area contributed by atoms with Crippen molar-refractivity contribution in [2.24, 2.45) is 40.4 Å². The molecule has 0 N–H and O–H groups in total. The van der Waals surface area contributed by atoms with Gasteiger partial charge in [0, 0.05) is 6.42 Å². The first-order valence-corrected chi connectivity index (χ1v) is 9.33. The van der Waals surface area contributed by atoms with Crippen molar-refractivity contribution in [1.29, 1.82) is 0 Å². The topological polar surface area (TPSA) is 17.1 Å². The summed E-state index contributed by atoms with van der Waals surface area (Å²) in [6.45, 7) is 9.12. The van der Waals surface area contributed by atoms with Gasteiger partial charge in [-0.1, -0.05) is 26.0 Å². The maximum absolute atomic E-state index is 11.8. The zero-order valence-corrected chi connectivity index (χ0v) is 14.2. The molecule has 0 aromatic carbocycles. The van der Waals surface area contributed by atoms with Crippen LogP contribution < -0.4 is 0 Å². The Morgan fingerprint density at radius 3 is 2.73 bits per heavy atom. The van der Waals surface area contributed by atoms with E-state index in [9.17, 15) is 4.79 Å². The predicted molar refractivity (Wildman–Crippen MR) is 90.3 cm³/mol. The maximum atomic E-state index is 11.8. The Morgan fingerprint density at radius 1 is 1.14 bits per heavy atom. The van der Waals surface area contributed by atoms with Crippen molar-refractivity contribution < 1.29 is 4.79 Å². The standard InChI is InChI=1S/C21H30O/c1-4-14-6-8-18-17-7-5-15-13-16(22)9-11-21(15,3)19(17)10-12-20(14,18)2/h4,9,11,14-15,17-19H,1,5-8,10,12-13H2,2-3H3. The molecule has 3 fully saturated rings. The molecule has 1 heteroatoms. The molecule has 4 rings (SSSR count). The molecule has 0 bridgehead atoms. The van der Waals surface area contributed by atoms with Crippen LogP contribution in [0.25, 0.3) is 0 Å². The van der Waals surface area contributed by atoms with Crippen LogP contribution in [0.4, 0.5) is 0 Å². The van der Waals surface area contributed by atoms with E-state index in [1.165, 1.54) is 38.5 Å². The second-order valence-electron chi connectivity index (χ2n) is 8.98. The normalized spacial score (nSPS) is 53.5. The molecule has 1 nitrogen and oxygen atoms in total. The third kappa shape index (κ3) is 1.80. The molecule has 4 aliphatic carbocycles. The van der Waals surface area contributed by atoms with Gasteiger partial charge in [0.1, 0.15) is 0 Å². The first-order chi connectivity index (χ1) is 10.5. The first kappa shape index (κ1) is 14.7. The molecule has 3 saturated carbocycles. The summed E-state index contributed by atoms with van der Waals surface area (Å²) in [5, 5.41) is 0. The third-order valence-corrected chi connectivity index (χ3v) is 8.40. The summed E-state index contributed by atoms with van der Waals surface area (Å²) < 4.78 is 0. The van der Waals surface area contributed by atoms with Crippen molar-refractivity contribution in [3.8, 4) is 0 Å². The van der Waals surface area contributed by atoms with Crippen LogP contribution in [0.5, 0.6) is 0 Å². The molecular weight excluding hydrogens is 268 g/mol. The van der Waals surface area contributed by atoms with Gasteiger partial charge in [0.2, 0.25) is 0 Å². The number of rotatable bonds is 1. The molecule has 0 saturated heterocycles. The Balaban J connectivity index is 1.67. The van der Waals surface area contributed by atoms with Gasteiger partial charge in [0.25, 0.3) is 0 Å². The fourth-order valence-electron chi connectivity index (χ4n) is 7.06. The number of allylic oxidation sites excluding steroid dienone is 3. The summed E-state index contributed by atoms with van der Waals surface area (Å²) in [5.74, 6) is 4.26. The van der Waals surface area contributed by atoms with E-state index in [-0.39, 0.29) is 5.41 Å². The lowest BCUT2D eigenvalue weighted by Gasteiger charge is -2.58. The molecule has 0 amide bonds. The van der Waals surface area contributed by atoms with E-state index in [2.05, 4.69) is 32.6 Å². The summed E-state index contributed by atoms with van der Waals surface area (Å²) in [5.41, 5.74) is 0.782. The molecule has 0 aromatic heterocycles. The van der Waals surface area contributed by atoms with Crippen molar-refractivity contribution in [2.45, 2.75) is 58.8 Å². The van der Waals surface area contributed by atoms with Gasteiger partial charge in [-0.3, -0.25) is 4.79 Å². The van der Waals surface area contributed by atoms with Crippen LogP contribution in [0, 0.1) is 40.4 Å². The number of ketones is 1. The van der Waals surface area contributed by atoms with Crippen LogP contribution >= 0.6 is 0 Å². The highest BCUT2D eigenvalue weighted by molar-refractivity contribution is 5.91. The molecule has 120 valence electrons. The third-order valence-electron chi connectivity index (χ3n) is 8.40. The molecule has 0 spiro atoms. The average molecular weight is 298 g/mol. The molecule has 0 aliphatic heterocycles. The van der Waals surface area contributed by atoms with Gasteiger partial charge in [-0.05, 0) is 85.0 Å². The predicted octanol–water partition coefficient (Wildman–Crippen LogP) is 5.18. The zero-order chi connectivity index (χ0) is 15.5. The van der Waals surface area contributed by atoms with Gasteiger partial charge in [-0.15, -0.1) is 6.58 Å². The van der Waals surface area contributed by atoms with E-state index in [4.69, 9.17) is 0 Å². The molecule has 0 aromatic rings. The van der Waals surface area contributed by atoms with E-state index < -0.39 is 0 Å². The van der Waals surface area contributed by atoms with Crippen LogP contribution in [-0.2, 0) is 4.79 Å². The smallest absolute Gasteiger partial charge is 0.155 e. The summed E-state index contributed by atoms with van der Waals surface area (Å²) in [6, 6.07) is 0. The van der Waals surface area contributed by atoms with Gasteiger partial charge in [-0.25, -0.2) is 0 Å². The summed E-state index contributed by atoms with van der Waals surface area (Å²) >= 11 is 0. The monoisotopic (exact) mass is 298 g/mol. The molecule has 4 aliphatic rings. The van der Waals surface area contributed by atoms with Crippen molar-refractivity contribution in [3.63, 3.8) is 0 Å². The highest BCUT2D eigenvalue weighted by Crippen LogP contribution is 2.66. The summed E-state index contributed by atoms with van der Waals surface area (Å²) in [4.78, 5) is 11.8. The van der Waals surface area contributed by atoms with Crippen LogP contribution in [0.2, 0.25) is 0 Å². The van der Waals surface area contributed by atoms with Crippen molar-refractivity contribution in [3.05, 3.63) is 24.8 Å². The lowest BCUT2D eigenvalue weighted by Crippen LogP contribution is -2.52. The Labute approximate surface area is 135 Å². The molecule has 0 radical (unpaired) electrons. The van der Waals surface area contributed by atoms with E-state index in [1.807, 2.05) is 6.08 Å². The Morgan fingerprint density at radius 2 is 1.95 bits per heavy atom. The SMILES string of the molecule is C=CC1CCC2C3CCC4CC(=O)C=CC4(C)C3CCC12C. The van der Waals surface area contributed by atoms with Crippen LogP contribution in [0.1, 0.15) is 58.8 Å². The van der Waals surface area contributed by atoms with Crippen molar-refractivity contribution in [2.75, 3.05) is 0 Å². The van der Waals surface area contributed by atoms with Gasteiger partial charge in [0.15, 0.2) is 5.78 Å². The van der Waals surface area contributed by atoms with Gasteiger partial charge < -0.3 is 0 Å². The number of fused-ring (bicyclic) bond motifs is 5. The molecule has 22 heavy (non-hydrogen) atoms. The summed E-state index contributed by atoms with van der Waals surface area (Å²) in [6.07, 6.45) is 15.3. The van der Waals surface area contributed by atoms with Gasteiger partial charge >= 0.3 is 0 Å². The van der Waals surface area contributed by atoms with E-state index in [1.54, 1.807) is 0 Å². The molecule has 0 heterocycles. The largest absolute Gasteiger partial charge is 0.295 e. The fraction of sp³-hybridized carbons (Fsp3) is 0.762.